The molecule has 0 unspecified atom stereocenters. The molecule has 0 saturated heterocycles. The molecule has 0 aliphatic heterocycles. The van der Waals surface area contributed by atoms with Crippen LogP contribution in [0.25, 0.3) is 111 Å². The van der Waals surface area contributed by atoms with Gasteiger partial charge in [-0.05, 0) is 105 Å². The average Bonchev–Trinajstić information content (AvgIpc) is 4.04. The van der Waals surface area contributed by atoms with Crippen molar-refractivity contribution in [3.63, 3.8) is 0 Å². The summed E-state index contributed by atoms with van der Waals surface area (Å²) < 4.78 is 4.83. The second-order valence-corrected chi connectivity index (χ2v) is 19.6. The summed E-state index contributed by atoms with van der Waals surface area (Å²) in [5.74, 6) is 1.87. The molecule has 0 N–H and O–H groups in total. The first kappa shape index (κ1) is 38.8. The molecule has 0 bridgehead atoms. The molecule has 0 atom stereocenters. The van der Waals surface area contributed by atoms with Gasteiger partial charge in [-0.1, -0.05) is 167 Å². The molecule has 0 saturated carbocycles. The lowest BCUT2D eigenvalue weighted by Crippen LogP contribution is -2.14. The van der Waals surface area contributed by atoms with Crippen molar-refractivity contribution in [3.05, 3.63) is 222 Å². The van der Waals surface area contributed by atoms with E-state index in [0.717, 1.165) is 39.1 Å². The van der Waals surface area contributed by atoms with Crippen molar-refractivity contribution in [1.29, 1.82) is 0 Å². The number of aromatic nitrogens is 5. The van der Waals surface area contributed by atoms with Crippen molar-refractivity contribution in [2.24, 2.45) is 0 Å². The van der Waals surface area contributed by atoms with Crippen LogP contribution in [0, 0.1) is 0 Å². The largest absolute Gasteiger partial charge is 0.309 e. The van der Waals surface area contributed by atoms with Crippen LogP contribution in [-0.4, -0.2) is 24.1 Å². The molecule has 5 heteroatoms. The Kier molecular flexibility index (Phi) is 8.02. The standard InChI is InChI=1S/C63H45N5/c1-62(2)51-28-12-8-24-43(51)47-34-49-45-26-10-14-30-55(45)67(57(49)36-53(47)62)41-22-16-20-39(32-41)60-64-59(38-18-6-5-7-19-38)65-61(66-60)40-21-17-23-42(33-40)68-56-31-15-11-27-46(56)50-35-48-44-25-9-13-29-52(44)63(3,4)54(48)37-58(50)68/h5-37H,1-4H3. The van der Waals surface area contributed by atoms with E-state index in [1.807, 2.05) is 18.2 Å². The van der Waals surface area contributed by atoms with Gasteiger partial charge in [0.15, 0.2) is 17.5 Å². The van der Waals surface area contributed by atoms with E-state index in [4.69, 9.17) is 15.0 Å². The molecule has 12 aromatic rings. The summed E-state index contributed by atoms with van der Waals surface area (Å²) in [4.78, 5) is 15.8. The minimum atomic E-state index is -0.124. The van der Waals surface area contributed by atoms with Crippen LogP contribution in [0.1, 0.15) is 49.9 Å². The van der Waals surface area contributed by atoms with E-state index in [-0.39, 0.29) is 10.8 Å². The first-order valence-electron chi connectivity index (χ1n) is 23.6. The van der Waals surface area contributed by atoms with E-state index in [9.17, 15) is 0 Å². The molecule has 9 aromatic carbocycles. The normalized spacial score (nSPS) is 14.1. The number of hydrogen-bond donors (Lipinski definition) is 0. The zero-order chi connectivity index (χ0) is 45.5. The lowest BCUT2D eigenvalue weighted by molar-refractivity contribution is 0.661. The maximum Gasteiger partial charge on any atom is 0.164 e. The fraction of sp³-hybridized carbons (Fsp3) is 0.0952. The molecule has 3 aromatic heterocycles. The van der Waals surface area contributed by atoms with Crippen molar-refractivity contribution in [2.75, 3.05) is 0 Å². The van der Waals surface area contributed by atoms with E-state index in [0.29, 0.717) is 17.5 Å². The van der Waals surface area contributed by atoms with Gasteiger partial charge in [0.25, 0.3) is 0 Å². The molecule has 5 nitrogen and oxygen atoms in total. The van der Waals surface area contributed by atoms with Crippen molar-refractivity contribution in [3.8, 4) is 67.8 Å². The second kappa shape index (κ2) is 14.1. The molecule has 2 aliphatic rings. The minimum Gasteiger partial charge on any atom is -0.309 e. The van der Waals surface area contributed by atoms with Gasteiger partial charge in [0.2, 0.25) is 0 Å². The molecule has 2 aliphatic carbocycles. The van der Waals surface area contributed by atoms with Gasteiger partial charge in [-0.3, -0.25) is 0 Å². The second-order valence-electron chi connectivity index (χ2n) is 19.6. The van der Waals surface area contributed by atoms with Crippen molar-refractivity contribution < 1.29 is 0 Å². The van der Waals surface area contributed by atoms with Gasteiger partial charge in [0, 0.05) is 60.4 Å². The quantitative estimate of drug-likeness (QED) is 0.173. The van der Waals surface area contributed by atoms with E-state index >= 15 is 0 Å². The van der Waals surface area contributed by atoms with Gasteiger partial charge in [0.05, 0.1) is 22.1 Å². The summed E-state index contributed by atoms with van der Waals surface area (Å²) >= 11 is 0. The highest BCUT2D eigenvalue weighted by Gasteiger charge is 2.37. The van der Waals surface area contributed by atoms with E-state index < -0.39 is 0 Å². The Hall–Kier alpha value is -8.41. The smallest absolute Gasteiger partial charge is 0.164 e. The lowest BCUT2D eigenvalue weighted by atomic mass is 9.82. The number of fused-ring (bicyclic) bond motifs is 12. The van der Waals surface area contributed by atoms with Crippen LogP contribution in [-0.2, 0) is 10.8 Å². The monoisotopic (exact) mass is 871 g/mol. The number of rotatable bonds is 5. The van der Waals surface area contributed by atoms with Gasteiger partial charge < -0.3 is 9.13 Å². The van der Waals surface area contributed by atoms with Crippen LogP contribution in [0.2, 0.25) is 0 Å². The molecule has 0 amide bonds. The molecular formula is C63H45N5. The highest BCUT2D eigenvalue weighted by atomic mass is 15.0. The van der Waals surface area contributed by atoms with E-state index in [2.05, 4.69) is 219 Å². The van der Waals surface area contributed by atoms with Crippen molar-refractivity contribution in [2.45, 2.75) is 38.5 Å². The van der Waals surface area contributed by atoms with Crippen LogP contribution in [0.5, 0.6) is 0 Å². The zero-order valence-corrected chi connectivity index (χ0v) is 38.3. The van der Waals surface area contributed by atoms with Gasteiger partial charge in [-0.25, -0.2) is 15.0 Å². The number of hydrogen-bond acceptors (Lipinski definition) is 3. The summed E-state index contributed by atoms with van der Waals surface area (Å²) in [7, 11) is 0. The zero-order valence-electron chi connectivity index (χ0n) is 38.3. The van der Waals surface area contributed by atoms with Gasteiger partial charge >= 0.3 is 0 Å². The fourth-order valence-electron chi connectivity index (χ4n) is 11.8. The Morgan fingerprint density at radius 1 is 0.294 bits per heavy atom. The Morgan fingerprint density at radius 3 is 1.18 bits per heavy atom. The molecule has 0 radical (unpaired) electrons. The highest BCUT2D eigenvalue weighted by Crippen LogP contribution is 2.52. The lowest BCUT2D eigenvalue weighted by Gasteiger charge is -2.21. The first-order chi connectivity index (χ1) is 33.2. The maximum absolute atomic E-state index is 5.33. The Labute approximate surface area is 394 Å². The summed E-state index contributed by atoms with van der Waals surface area (Å²) in [6.45, 7) is 9.40. The summed E-state index contributed by atoms with van der Waals surface area (Å²) in [5, 5.41) is 4.95. The predicted molar refractivity (Wildman–Crippen MR) is 280 cm³/mol. The van der Waals surface area contributed by atoms with Crippen LogP contribution >= 0.6 is 0 Å². The van der Waals surface area contributed by atoms with Crippen LogP contribution < -0.4 is 0 Å². The molecule has 0 spiro atoms. The molecular weight excluding hydrogens is 827 g/mol. The SMILES string of the molecule is CC1(C)c2ccccc2-c2cc3c4ccccc4n(-c4cccc(-c5nc(-c6ccccc6)nc(-c6cccc(-n7c8ccccc8c8cc9c(cc87)C(C)(C)c7ccccc7-9)c6)n5)c4)c3cc21. The third kappa shape index (κ3) is 5.47. The molecule has 14 rings (SSSR count). The van der Waals surface area contributed by atoms with Crippen LogP contribution in [0.15, 0.2) is 200 Å². The average molecular weight is 872 g/mol. The molecule has 68 heavy (non-hydrogen) atoms. The van der Waals surface area contributed by atoms with Gasteiger partial charge in [-0.2, -0.15) is 0 Å². The van der Waals surface area contributed by atoms with Gasteiger partial charge in [0.1, 0.15) is 0 Å². The van der Waals surface area contributed by atoms with Crippen LogP contribution in [0.4, 0.5) is 0 Å². The van der Waals surface area contributed by atoms with Crippen LogP contribution in [0.3, 0.4) is 0 Å². The summed E-state index contributed by atoms with van der Waals surface area (Å²) in [6.07, 6.45) is 0. The highest BCUT2D eigenvalue weighted by molar-refractivity contribution is 6.13. The van der Waals surface area contributed by atoms with Gasteiger partial charge in [-0.15, -0.1) is 0 Å². The number of para-hydroxylation sites is 2. The third-order valence-corrected chi connectivity index (χ3v) is 15.1. The number of nitrogens with zero attached hydrogens (tertiary/aromatic N) is 5. The van der Waals surface area contributed by atoms with Crippen molar-refractivity contribution in [1.82, 2.24) is 24.1 Å². The number of benzene rings is 9. The Balaban J connectivity index is 0.932. The minimum absolute atomic E-state index is 0.124. The molecule has 0 fully saturated rings. The Bertz CT molecular complexity index is 3850. The first-order valence-corrected chi connectivity index (χ1v) is 23.6. The third-order valence-electron chi connectivity index (χ3n) is 15.1. The summed E-state index contributed by atoms with van der Waals surface area (Å²) in [5.41, 5.74) is 20.1. The Morgan fingerprint density at radius 2 is 0.691 bits per heavy atom. The van der Waals surface area contributed by atoms with E-state index in [1.54, 1.807) is 0 Å². The van der Waals surface area contributed by atoms with E-state index in [1.165, 1.54) is 77.1 Å². The fourth-order valence-corrected chi connectivity index (χ4v) is 11.8. The molecule has 322 valence electrons. The topological polar surface area (TPSA) is 48.5 Å². The predicted octanol–water partition coefficient (Wildman–Crippen LogP) is 15.7. The van der Waals surface area contributed by atoms with Crippen molar-refractivity contribution >= 4 is 43.6 Å². The molecule has 3 heterocycles. The summed E-state index contributed by atoms with van der Waals surface area (Å²) in [6, 6.07) is 72.6. The maximum atomic E-state index is 5.33.